The quantitative estimate of drug-likeness (QED) is 0.269. The van der Waals surface area contributed by atoms with E-state index in [0.29, 0.717) is 28.5 Å². The third-order valence-corrected chi connectivity index (χ3v) is 7.15. The molecule has 38 heavy (non-hydrogen) atoms. The Hall–Kier alpha value is -4.86. The zero-order valence-corrected chi connectivity index (χ0v) is 21.3. The van der Waals surface area contributed by atoms with Crippen molar-refractivity contribution in [3.05, 3.63) is 70.8 Å². The van der Waals surface area contributed by atoms with Crippen LogP contribution in [0.2, 0.25) is 0 Å². The summed E-state index contributed by atoms with van der Waals surface area (Å²) < 4.78 is 0. The molecule has 1 aromatic heterocycles. The molecule has 1 amide bonds. The molecule has 0 atom stereocenters. The molecular formula is C28H26N8O2. The number of anilines is 2. The summed E-state index contributed by atoms with van der Waals surface area (Å²) in [6.45, 7) is 5.78. The number of hydrazone groups is 2. The van der Waals surface area contributed by atoms with Gasteiger partial charge in [-0.1, -0.05) is 24.3 Å². The number of amides is 1. The van der Waals surface area contributed by atoms with Gasteiger partial charge in [-0.25, -0.2) is 0 Å². The molecule has 0 spiro atoms. The van der Waals surface area contributed by atoms with E-state index >= 15 is 0 Å². The van der Waals surface area contributed by atoms with E-state index in [1.807, 2.05) is 62.4 Å². The highest BCUT2D eigenvalue weighted by Crippen LogP contribution is 2.44. The van der Waals surface area contributed by atoms with Crippen LogP contribution in [0.5, 0.6) is 5.75 Å². The van der Waals surface area contributed by atoms with Crippen LogP contribution in [0.1, 0.15) is 35.6 Å². The average molecular weight is 507 g/mol. The number of aromatic hydroxyl groups is 1. The fourth-order valence-electron chi connectivity index (χ4n) is 4.95. The summed E-state index contributed by atoms with van der Waals surface area (Å²) in [5.74, 6) is 0.227. The molecule has 2 aliphatic rings. The maximum absolute atomic E-state index is 13.2. The number of rotatable bonds is 5. The number of phenolic OH excluding ortho intramolecular Hbond substituents is 1. The van der Waals surface area contributed by atoms with Gasteiger partial charge >= 0.3 is 5.91 Å². The second kappa shape index (κ2) is 9.22. The first-order chi connectivity index (χ1) is 18.4. The minimum atomic E-state index is -0.321. The van der Waals surface area contributed by atoms with E-state index in [1.165, 1.54) is 5.01 Å². The zero-order valence-electron chi connectivity index (χ0n) is 21.3. The van der Waals surface area contributed by atoms with Crippen LogP contribution in [0.25, 0.3) is 22.5 Å². The molecule has 3 N–H and O–H groups in total. The SMILES string of the molecule is CC1=NN(c2ccc(C)c(C)c2)C(=O)/C1=N\Nc1c(O)c(-c2cccc(-c3nn[nH]n3)c2)cc2c1CCC2. The number of carbonyl (C=O) groups excluding carboxylic acids is 1. The van der Waals surface area contributed by atoms with Crippen LogP contribution in [0.4, 0.5) is 11.4 Å². The van der Waals surface area contributed by atoms with Crippen molar-refractivity contribution in [3.8, 4) is 28.3 Å². The van der Waals surface area contributed by atoms with E-state index in [-0.39, 0.29) is 17.4 Å². The second-order valence-electron chi connectivity index (χ2n) is 9.60. The van der Waals surface area contributed by atoms with Crippen molar-refractivity contribution in [2.75, 3.05) is 10.4 Å². The van der Waals surface area contributed by atoms with Crippen molar-refractivity contribution in [2.24, 2.45) is 10.2 Å². The molecule has 190 valence electrons. The Morgan fingerprint density at radius 2 is 1.87 bits per heavy atom. The lowest BCUT2D eigenvalue weighted by atomic mass is 9.96. The maximum Gasteiger partial charge on any atom is 0.301 e. The van der Waals surface area contributed by atoms with Crippen molar-refractivity contribution in [1.29, 1.82) is 0 Å². The normalized spacial score (nSPS) is 15.8. The minimum Gasteiger partial charge on any atom is -0.505 e. The summed E-state index contributed by atoms with van der Waals surface area (Å²) in [5.41, 5.74) is 11.6. The Morgan fingerprint density at radius 1 is 1.03 bits per heavy atom. The Balaban J connectivity index is 1.35. The number of hydrogen-bond acceptors (Lipinski definition) is 8. The number of nitrogens with zero attached hydrogens (tertiary/aromatic N) is 6. The van der Waals surface area contributed by atoms with E-state index in [9.17, 15) is 9.90 Å². The van der Waals surface area contributed by atoms with Crippen LogP contribution in [-0.4, -0.2) is 43.1 Å². The van der Waals surface area contributed by atoms with Crippen LogP contribution in [-0.2, 0) is 17.6 Å². The van der Waals surface area contributed by atoms with Crippen molar-refractivity contribution in [3.63, 3.8) is 0 Å². The van der Waals surface area contributed by atoms with E-state index < -0.39 is 0 Å². The summed E-state index contributed by atoms with van der Waals surface area (Å²) >= 11 is 0. The molecule has 2 heterocycles. The molecule has 0 saturated carbocycles. The summed E-state index contributed by atoms with van der Waals surface area (Å²) in [7, 11) is 0. The number of aromatic amines is 1. The van der Waals surface area contributed by atoms with Gasteiger partial charge < -0.3 is 5.11 Å². The number of hydrogen-bond donors (Lipinski definition) is 3. The van der Waals surface area contributed by atoms with Gasteiger partial charge in [0.25, 0.3) is 0 Å². The van der Waals surface area contributed by atoms with E-state index in [2.05, 4.69) is 36.3 Å². The summed E-state index contributed by atoms with van der Waals surface area (Å²) in [5, 5.41) is 35.9. The molecular weight excluding hydrogens is 480 g/mol. The number of carbonyl (C=O) groups is 1. The number of phenols is 1. The van der Waals surface area contributed by atoms with Gasteiger partial charge in [0.1, 0.15) is 11.4 Å². The lowest BCUT2D eigenvalue weighted by molar-refractivity contribution is -0.112. The predicted octanol–water partition coefficient (Wildman–Crippen LogP) is 4.54. The molecule has 10 heteroatoms. The van der Waals surface area contributed by atoms with Gasteiger partial charge in [0.2, 0.25) is 5.82 Å². The van der Waals surface area contributed by atoms with E-state index in [0.717, 1.165) is 52.6 Å². The zero-order chi connectivity index (χ0) is 26.4. The number of benzene rings is 3. The Kier molecular flexibility index (Phi) is 5.71. The number of H-pyrrole nitrogens is 1. The van der Waals surface area contributed by atoms with Crippen LogP contribution in [0, 0.1) is 13.8 Å². The first-order valence-electron chi connectivity index (χ1n) is 12.4. The number of aryl methyl sites for hydroxylation is 3. The van der Waals surface area contributed by atoms with E-state index in [4.69, 9.17) is 0 Å². The van der Waals surface area contributed by atoms with Crippen molar-refractivity contribution in [1.82, 2.24) is 20.6 Å². The molecule has 10 nitrogen and oxygen atoms in total. The predicted molar refractivity (Wildman–Crippen MR) is 146 cm³/mol. The Labute approximate surface area is 219 Å². The van der Waals surface area contributed by atoms with Gasteiger partial charge in [-0.15, -0.1) is 10.2 Å². The van der Waals surface area contributed by atoms with Gasteiger partial charge in [0.15, 0.2) is 5.71 Å². The molecule has 1 aliphatic heterocycles. The highest BCUT2D eigenvalue weighted by molar-refractivity contribution is 6.71. The largest absolute Gasteiger partial charge is 0.505 e. The smallest absolute Gasteiger partial charge is 0.301 e. The third-order valence-electron chi connectivity index (χ3n) is 7.15. The molecule has 1 aliphatic carbocycles. The highest BCUT2D eigenvalue weighted by Gasteiger charge is 2.31. The number of nitrogens with one attached hydrogen (secondary N) is 2. The molecule has 0 saturated heterocycles. The van der Waals surface area contributed by atoms with Crippen molar-refractivity contribution < 1.29 is 9.90 Å². The lowest BCUT2D eigenvalue weighted by Crippen LogP contribution is -2.28. The number of aromatic nitrogens is 4. The molecule has 4 aromatic rings. The summed E-state index contributed by atoms with van der Waals surface area (Å²) in [6.07, 6.45) is 2.69. The topological polar surface area (TPSA) is 132 Å². The Morgan fingerprint density at radius 3 is 2.66 bits per heavy atom. The van der Waals surface area contributed by atoms with Crippen LogP contribution in [0.3, 0.4) is 0 Å². The van der Waals surface area contributed by atoms with Gasteiger partial charge in [-0.2, -0.15) is 20.4 Å². The third kappa shape index (κ3) is 4.00. The monoisotopic (exact) mass is 506 g/mol. The number of fused-ring (bicyclic) bond motifs is 1. The molecule has 6 rings (SSSR count). The standard InChI is InChI=1S/C28H26N8O2/c1-15-10-11-21(12-16(15)2)36-28(38)24(17(3)33-36)29-30-25-22-9-5-7-19(22)14-23(26(25)37)18-6-4-8-20(13-18)27-31-34-35-32-27/h4,6,8,10-14,30,37H,5,7,9H2,1-3H3,(H,31,32,34,35)/b29-24-. The first kappa shape index (κ1) is 23.5. The van der Waals surface area contributed by atoms with E-state index in [1.54, 1.807) is 6.92 Å². The minimum absolute atomic E-state index is 0.0753. The second-order valence-corrected chi connectivity index (χ2v) is 9.60. The fraction of sp³-hybridized carbons (Fsp3) is 0.214. The van der Waals surface area contributed by atoms with Gasteiger partial charge in [0, 0.05) is 11.1 Å². The van der Waals surface area contributed by atoms with Crippen LogP contribution in [0.15, 0.2) is 58.7 Å². The highest BCUT2D eigenvalue weighted by atomic mass is 16.3. The molecule has 3 aromatic carbocycles. The van der Waals surface area contributed by atoms with Crippen molar-refractivity contribution in [2.45, 2.75) is 40.0 Å². The fourth-order valence-corrected chi connectivity index (χ4v) is 4.95. The number of tetrazole rings is 1. The van der Waals surface area contributed by atoms with Crippen LogP contribution < -0.4 is 10.4 Å². The van der Waals surface area contributed by atoms with Gasteiger partial charge in [0.05, 0.1) is 11.4 Å². The van der Waals surface area contributed by atoms with Crippen LogP contribution >= 0.6 is 0 Å². The van der Waals surface area contributed by atoms with Gasteiger partial charge in [-0.05, 0) is 97.3 Å². The van der Waals surface area contributed by atoms with Crippen molar-refractivity contribution >= 4 is 28.7 Å². The molecule has 0 fully saturated rings. The molecule has 0 radical (unpaired) electrons. The molecule has 0 unspecified atom stereocenters. The summed E-state index contributed by atoms with van der Waals surface area (Å²) in [4.78, 5) is 13.2. The van der Waals surface area contributed by atoms with Gasteiger partial charge in [-0.3, -0.25) is 10.2 Å². The summed E-state index contributed by atoms with van der Waals surface area (Å²) in [6, 6.07) is 15.4. The lowest BCUT2D eigenvalue weighted by Gasteiger charge is -2.16. The Bertz CT molecular complexity index is 1640. The first-order valence-corrected chi connectivity index (χ1v) is 12.4. The average Bonchev–Trinajstić information content (AvgIpc) is 3.67. The maximum atomic E-state index is 13.2. The molecule has 0 bridgehead atoms.